The van der Waals surface area contributed by atoms with Gasteiger partial charge in [0.1, 0.15) is 0 Å². The zero-order valence-electron chi connectivity index (χ0n) is 9.18. The average Bonchev–Trinajstić information content (AvgIpc) is 2.66. The van der Waals surface area contributed by atoms with E-state index in [1.54, 1.807) is 10.9 Å². The van der Waals surface area contributed by atoms with Gasteiger partial charge in [0.2, 0.25) is 0 Å². The van der Waals surface area contributed by atoms with E-state index in [9.17, 15) is 0 Å². The van der Waals surface area contributed by atoms with Gasteiger partial charge in [-0.05, 0) is 34.0 Å². The highest BCUT2D eigenvalue weighted by molar-refractivity contribution is 9.10. The number of anilines is 1. The fraction of sp³-hybridized carbons (Fsp3) is 0.273. The molecule has 0 fully saturated rings. The normalized spacial score (nSPS) is 11.0. The van der Waals surface area contributed by atoms with Gasteiger partial charge in [-0.25, -0.2) is 9.67 Å². The van der Waals surface area contributed by atoms with Crippen LogP contribution in [0.3, 0.4) is 0 Å². The van der Waals surface area contributed by atoms with E-state index in [0.29, 0.717) is 11.6 Å². The van der Waals surface area contributed by atoms with Crippen molar-refractivity contribution in [3.63, 3.8) is 0 Å². The number of rotatable bonds is 2. The lowest BCUT2D eigenvalue weighted by molar-refractivity contribution is 0.756. The van der Waals surface area contributed by atoms with Crippen LogP contribution in [0.15, 0.2) is 29.0 Å². The van der Waals surface area contributed by atoms with E-state index in [1.807, 2.05) is 18.3 Å². The molecule has 0 saturated heterocycles. The fourth-order valence-corrected chi connectivity index (χ4v) is 1.93. The molecule has 5 heteroatoms. The zero-order valence-corrected chi connectivity index (χ0v) is 10.8. The van der Waals surface area contributed by atoms with E-state index in [0.717, 1.165) is 16.0 Å². The van der Waals surface area contributed by atoms with E-state index in [-0.39, 0.29) is 0 Å². The Morgan fingerprint density at radius 1 is 1.44 bits per heavy atom. The third-order valence-corrected chi connectivity index (χ3v) is 2.84. The minimum Gasteiger partial charge on any atom is -0.397 e. The quantitative estimate of drug-likeness (QED) is 0.920. The molecule has 4 nitrogen and oxygen atoms in total. The molecule has 16 heavy (non-hydrogen) atoms. The van der Waals surface area contributed by atoms with Crippen LogP contribution in [0.25, 0.3) is 5.82 Å². The second-order valence-electron chi connectivity index (χ2n) is 3.91. The summed E-state index contributed by atoms with van der Waals surface area (Å²) in [6.45, 7) is 4.22. The maximum Gasteiger partial charge on any atom is 0.167 e. The highest BCUT2D eigenvalue weighted by Gasteiger charge is 2.08. The summed E-state index contributed by atoms with van der Waals surface area (Å²) in [5.41, 5.74) is 7.31. The highest BCUT2D eigenvalue weighted by Crippen LogP contribution is 2.21. The van der Waals surface area contributed by atoms with Gasteiger partial charge in [0, 0.05) is 6.20 Å². The summed E-state index contributed by atoms with van der Waals surface area (Å²) in [6, 6.07) is 3.81. The van der Waals surface area contributed by atoms with Crippen LogP contribution in [-0.4, -0.2) is 14.8 Å². The van der Waals surface area contributed by atoms with Crippen molar-refractivity contribution in [1.82, 2.24) is 14.8 Å². The van der Waals surface area contributed by atoms with Gasteiger partial charge in [-0.3, -0.25) is 0 Å². The molecule has 0 spiro atoms. The molecule has 0 amide bonds. The van der Waals surface area contributed by atoms with Crippen LogP contribution in [0.2, 0.25) is 0 Å². The molecule has 2 N–H and O–H groups in total. The van der Waals surface area contributed by atoms with Gasteiger partial charge in [-0.2, -0.15) is 5.10 Å². The summed E-state index contributed by atoms with van der Waals surface area (Å²) < 4.78 is 2.59. The lowest BCUT2D eigenvalue weighted by Crippen LogP contribution is -2.01. The molecule has 0 atom stereocenters. The van der Waals surface area contributed by atoms with Gasteiger partial charge in [-0.15, -0.1) is 0 Å². The molecule has 0 bridgehead atoms. The molecule has 0 aromatic carbocycles. The van der Waals surface area contributed by atoms with Crippen molar-refractivity contribution in [3.8, 4) is 5.82 Å². The monoisotopic (exact) mass is 280 g/mol. The Morgan fingerprint density at radius 2 is 2.19 bits per heavy atom. The van der Waals surface area contributed by atoms with Crippen LogP contribution in [0.5, 0.6) is 0 Å². The fourth-order valence-electron chi connectivity index (χ4n) is 1.38. The molecule has 2 aromatic rings. The summed E-state index contributed by atoms with van der Waals surface area (Å²) in [5.74, 6) is 1.16. The first kappa shape index (κ1) is 11.1. The number of hydrogen-bond donors (Lipinski definition) is 1. The van der Waals surface area contributed by atoms with Gasteiger partial charge in [0.05, 0.1) is 22.1 Å². The van der Waals surface area contributed by atoms with Crippen molar-refractivity contribution in [2.45, 2.75) is 19.8 Å². The summed E-state index contributed by atoms with van der Waals surface area (Å²) in [4.78, 5) is 4.25. The van der Waals surface area contributed by atoms with E-state index < -0.39 is 0 Å². The second kappa shape index (κ2) is 4.25. The van der Waals surface area contributed by atoms with Gasteiger partial charge in [0.25, 0.3) is 0 Å². The minimum absolute atomic E-state index is 0.411. The molecule has 2 heterocycles. The van der Waals surface area contributed by atoms with E-state index >= 15 is 0 Å². The topological polar surface area (TPSA) is 56.7 Å². The van der Waals surface area contributed by atoms with Crippen molar-refractivity contribution in [3.05, 3.63) is 34.7 Å². The number of nitrogens with two attached hydrogens (primary N) is 1. The molecular formula is C11H13BrN4. The highest BCUT2D eigenvalue weighted by atomic mass is 79.9. The predicted octanol–water partition coefficient (Wildman–Crippen LogP) is 2.74. The van der Waals surface area contributed by atoms with E-state index in [1.165, 1.54) is 0 Å². The van der Waals surface area contributed by atoms with Crippen LogP contribution < -0.4 is 5.73 Å². The third kappa shape index (κ3) is 2.09. The lowest BCUT2D eigenvalue weighted by atomic mass is 10.1. The molecule has 0 aliphatic heterocycles. The SMILES string of the molecule is CC(C)c1ccn(-c2ncc(N)cc2Br)n1. The first-order chi connectivity index (χ1) is 7.58. The van der Waals surface area contributed by atoms with Crippen LogP contribution >= 0.6 is 15.9 Å². The van der Waals surface area contributed by atoms with Crippen molar-refractivity contribution < 1.29 is 0 Å². The van der Waals surface area contributed by atoms with Gasteiger partial charge in [-0.1, -0.05) is 13.8 Å². The number of hydrogen-bond acceptors (Lipinski definition) is 3. The molecule has 84 valence electrons. The molecule has 0 saturated carbocycles. The molecule has 0 radical (unpaired) electrons. The zero-order chi connectivity index (χ0) is 11.7. The van der Waals surface area contributed by atoms with Crippen LogP contribution in [0.4, 0.5) is 5.69 Å². The Bertz CT molecular complexity index is 504. The average molecular weight is 281 g/mol. The largest absolute Gasteiger partial charge is 0.397 e. The second-order valence-corrected chi connectivity index (χ2v) is 4.77. The number of nitrogen functional groups attached to an aromatic ring is 1. The molecule has 0 aliphatic rings. The number of aromatic nitrogens is 3. The molecule has 0 aliphatic carbocycles. The van der Waals surface area contributed by atoms with E-state index in [2.05, 4.69) is 39.9 Å². The minimum atomic E-state index is 0.411. The molecule has 2 rings (SSSR count). The summed E-state index contributed by atoms with van der Waals surface area (Å²) in [7, 11) is 0. The van der Waals surface area contributed by atoms with E-state index in [4.69, 9.17) is 5.73 Å². The van der Waals surface area contributed by atoms with Crippen LogP contribution in [0.1, 0.15) is 25.5 Å². The number of pyridine rings is 1. The molecule has 0 unspecified atom stereocenters. The van der Waals surface area contributed by atoms with Crippen LogP contribution in [0, 0.1) is 0 Å². The Balaban J connectivity index is 2.42. The molecular weight excluding hydrogens is 268 g/mol. The maximum absolute atomic E-state index is 5.64. The molecule has 2 aromatic heterocycles. The number of nitrogens with zero attached hydrogens (tertiary/aromatic N) is 3. The first-order valence-corrected chi connectivity index (χ1v) is 5.84. The van der Waals surface area contributed by atoms with Gasteiger partial charge in [0.15, 0.2) is 5.82 Å². The summed E-state index contributed by atoms with van der Waals surface area (Å²) in [6.07, 6.45) is 3.52. The Hall–Kier alpha value is -1.36. The Kier molecular flexibility index (Phi) is 2.96. The van der Waals surface area contributed by atoms with Crippen LogP contribution in [-0.2, 0) is 0 Å². The lowest BCUT2D eigenvalue weighted by Gasteiger charge is -2.04. The van der Waals surface area contributed by atoms with Crippen molar-refractivity contribution in [1.29, 1.82) is 0 Å². The third-order valence-electron chi connectivity index (χ3n) is 2.26. The summed E-state index contributed by atoms with van der Waals surface area (Å²) in [5, 5.41) is 4.45. The smallest absolute Gasteiger partial charge is 0.167 e. The maximum atomic E-state index is 5.64. The Morgan fingerprint density at radius 3 is 2.75 bits per heavy atom. The van der Waals surface area contributed by atoms with Crippen molar-refractivity contribution in [2.75, 3.05) is 5.73 Å². The standard InChI is InChI=1S/C11H13BrN4/c1-7(2)10-3-4-16(15-10)11-9(12)5-8(13)6-14-11/h3-7H,13H2,1-2H3. The van der Waals surface area contributed by atoms with Crippen molar-refractivity contribution >= 4 is 21.6 Å². The van der Waals surface area contributed by atoms with Gasteiger partial charge >= 0.3 is 0 Å². The first-order valence-electron chi connectivity index (χ1n) is 5.05. The predicted molar refractivity (Wildman–Crippen MR) is 67.6 cm³/mol. The van der Waals surface area contributed by atoms with Crippen molar-refractivity contribution in [2.24, 2.45) is 0 Å². The Labute approximate surface area is 103 Å². The van der Waals surface area contributed by atoms with Gasteiger partial charge < -0.3 is 5.73 Å². The number of halogens is 1. The summed E-state index contributed by atoms with van der Waals surface area (Å²) >= 11 is 3.43.